The predicted molar refractivity (Wildman–Crippen MR) is 76.3 cm³/mol. The number of amides is 1. The highest BCUT2D eigenvalue weighted by Crippen LogP contribution is 2.23. The van der Waals surface area contributed by atoms with E-state index in [2.05, 4.69) is 5.32 Å². The largest absolute Gasteiger partial charge is 0.385 e. The van der Waals surface area contributed by atoms with Crippen molar-refractivity contribution >= 4 is 11.7 Å². The first kappa shape index (κ1) is 13.2. The number of hydrogen-bond acceptors (Lipinski definition) is 3. The summed E-state index contributed by atoms with van der Waals surface area (Å²) in [5.74, 6) is 0.396. The second kappa shape index (κ2) is 5.58. The lowest BCUT2D eigenvalue weighted by molar-refractivity contribution is -0.122. The van der Waals surface area contributed by atoms with Gasteiger partial charge in [-0.05, 0) is 11.6 Å². The van der Waals surface area contributed by atoms with Crippen LogP contribution in [-0.4, -0.2) is 23.6 Å². The van der Waals surface area contributed by atoms with Crippen molar-refractivity contribution in [3.05, 3.63) is 42.6 Å². The molecule has 5 N–H and O–H groups in total. The third kappa shape index (κ3) is 2.95. The standard InChI is InChI=1S/C14H18N4O/c1-17-14(19)12(15)9-18-8-11(7-13(18)16)10-5-3-2-4-6-10/h2-8,12H,9,15-16H2,1H3,(H,17,19)/t12-/m0/s1. The van der Waals surface area contributed by atoms with E-state index in [0.29, 0.717) is 12.4 Å². The molecule has 0 aliphatic heterocycles. The van der Waals surface area contributed by atoms with Crippen LogP contribution in [0, 0.1) is 0 Å². The van der Waals surface area contributed by atoms with Crippen LogP contribution >= 0.6 is 0 Å². The highest BCUT2D eigenvalue weighted by Gasteiger charge is 2.14. The van der Waals surface area contributed by atoms with Crippen molar-refractivity contribution in [1.82, 2.24) is 9.88 Å². The number of nitrogens with one attached hydrogen (secondary N) is 1. The van der Waals surface area contributed by atoms with E-state index in [1.807, 2.05) is 42.6 Å². The van der Waals surface area contributed by atoms with Crippen molar-refractivity contribution in [2.75, 3.05) is 12.8 Å². The van der Waals surface area contributed by atoms with Crippen molar-refractivity contribution in [3.8, 4) is 11.1 Å². The third-order valence-electron chi connectivity index (χ3n) is 3.01. The van der Waals surface area contributed by atoms with Gasteiger partial charge in [0.1, 0.15) is 11.9 Å². The number of likely N-dealkylation sites (N-methyl/N-ethyl adjacent to an activating group) is 1. The molecule has 1 amide bonds. The van der Waals surface area contributed by atoms with Gasteiger partial charge in [0.05, 0.1) is 0 Å². The molecule has 0 bridgehead atoms. The lowest BCUT2D eigenvalue weighted by Crippen LogP contribution is -2.41. The zero-order chi connectivity index (χ0) is 13.8. The van der Waals surface area contributed by atoms with Gasteiger partial charge in [-0.2, -0.15) is 0 Å². The number of nitrogen functional groups attached to an aromatic ring is 1. The number of nitrogens with zero attached hydrogens (tertiary/aromatic N) is 1. The highest BCUT2D eigenvalue weighted by molar-refractivity contribution is 5.81. The van der Waals surface area contributed by atoms with Gasteiger partial charge < -0.3 is 21.4 Å². The summed E-state index contributed by atoms with van der Waals surface area (Å²) in [6.07, 6.45) is 1.91. The lowest BCUT2D eigenvalue weighted by Gasteiger charge is -2.12. The van der Waals surface area contributed by atoms with Crippen molar-refractivity contribution < 1.29 is 4.79 Å². The van der Waals surface area contributed by atoms with Crippen molar-refractivity contribution in [3.63, 3.8) is 0 Å². The van der Waals surface area contributed by atoms with Gasteiger partial charge in [-0.1, -0.05) is 30.3 Å². The number of carbonyl (C=O) groups excluding carboxylic acids is 1. The topological polar surface area (TPSA) is 86.1 Å². The van der Waals surface area contributed by atoms with E-state index in [9.17, 15) is 4.79 Å². The van der Waals surface area contributed by atoms with E-state index >= 15 is 0 Å². The van der Waals surface area contributed by atoms with E-state index in [1.54, 1.807) is 11.6 Å². The molecule has 0 fully saturated rings. The van der Waals surface area contributed by atoms with Gasteiger partial charge in [-0.15, -0.1) is 0 Å². The van der Waals surface area contributed by atoms with E-state index in [1.165, 1.54) is 0 Å². The Balaban J connectivity index is 2.20. The molecule has 1 aromatic heterocycles. The Labute approximate surface area is 112 Å². The van der Waals surface area contributed by atoms with Gasteiger partial charge in [-0.25, -0.2) is 0 Å². The van der Waals surface area contributed by atoms with Gasteiger partial charge in [0.2, 0.25) is 5.91 Å². The summed E-state index contributed by atoms with van der Waals surface area (Å²) in [5.41, 5.74) is 13.8. The second-order valence-electron chi connectivity index (χ2n) is 4.39. The first-order valence-electron chi connectivity index (χ1n) is 6.10. The summed E-state index contributed by atoms with van der Waals surface area (Å²) in [7, 11) is 1.57. The molecule has 2 aromatic rings. The average molecular weight is 258 g/mol. The Bertz CT molecular complexity index is 562. The number of carbonyl (C=O) groups is 1. The molecule has 1 heterocycles. The smallest absolute Gasteiger partial charge is 0.238 e. The molecule has 0 unspecified atom stereocenters. The molecular formula is C14H18N4O. The molecule has 0 radical (unpaired) electrons. The molecule has 0 saturated heterocycles. The fourth-order valence-corrected chi connectivity index (χ4v) is 1.95. The number of rotatable bonds is 4. The van der Waals surface area contributed by atoms with Crippen LogP contribution in [0.4, 0.5) is 5.82 Å². The quantitative estimate of drug-likeness (QED) is 0.758. The average Bonchev–Trinajstić information content (AvgIpc) is 2.80. The normalized spacial score (nSPS) is 12.1. The number of nitrogens with two attached hydrogens (primary N) is 2. The minimum atomic E-state index is -0.608. The van der Waals surface area contributed by atoms with Gasteiger partial charge in [-0.3, -0.25) is 4.79 Å². The molecule has 0 saturated carbocycles. The Morgan fingerprint density at radius 3 is 2.63 bits per heavy atom. The number of hydrogen-bond donors (Lipinski definition) is 3. The molecule has 19 heavy (non-hydrogen) atoms. The zero-order valence-corrected chi connectivity index (χ0v) is 10.8. The maximum absolute atomic E-state index is 11.4. The van der Waals surface area contributed by atoms with Gasteiger partial charge in [0, 0.05) is 25.4 Å². The van der Waals surface area contributed by atoms with Crippen LogP contribution in [0.2, 0.25) is 0 Å². The monoisotopic (exact) mass is 258 g/mol. The summed E-state index contributed by atoms with van der Waals surface area (Å²) >= 11 is 0. The maximum Gasteiger partial charge on any atom is 0.238 e. The summed E-state index contributed by atoms with van der Waals surface area (Å²) in [4.78, 5) is 11.4. The van der Waals surface area contributed by atoms with Crippen LogP contribution in [0.5, 0.6) is 0 Å². The first-order chi connectivity index (χ1) is 9.11. The predicted octanol–water partition coefficient (Wildman–Crippen LogP) is 0.811. The minimum Gasteiger partial charge on any atom is -0.385 e. The van der Waals surface area contributed by atoms with Crippen LogP contribution < -0.4 is 16.8 Å². The Hall–Kier alpha value is -2.27. The molecule has 1 atom stereocenters. The summed E-state index contributed by atoms with van der Waals surface area (Å²) in [6, 6.07) is 11.2. The number of aromatic nitrogens is 1. The van der Waals surface area contributed by atoms with Gasteiger partial charge >= 0.3 is 0 Å². The Kier molecular flexibility index (Phi) is 3.87. The van der Waals surface area contributed by atoms with Crippen LogP contribution in [0.3, 0.4) is 0 Å². The highest BCUT2D eigenvalue weighted by atomic mass is 16.2. The summed E-state index contributed by atoms with van der Waals surface area (Å²) < 4.78 is 1.79. The molecule has 1 aromatic carbocycles. The first-order valence-corrected chi connectivity index (χ1v) is 6.10. The van der Waals surface area contributed by atoms with Crippen molar-refractivity contribution in [2.24, 2.45) is 5.73 Å². The third-order valence-corrected chi connectivity index (χ3v) is 3.01. The van der Waals surface area contributed by atoms with E-state index in [4.69, 9.17) is 11.5 Å². The van der Waals surface area contributed by atoms with Crippen LogP contribution in [-0.2, 0) is 11.3 Å². The van der Waals surface area contributed by atoms with Crippen LogP contribution in [0.15, 0.2) is 42.6 Å². The fraction of sp³-hybridized carbons (Fsp3) is 0.214. The minimum absolute atomic E-state index is 0.200. The zero-order valence-electron chi connectivity index (χ0n) is 10.8. The molecular weight excluding hydrogens is 240 g/mol. The van der Waals surface area contributed by atoms with E-state index in [0.717, 1.165) is 11.1 Å². The van der Waals surface area contributed by atoms with Crippen molar-refractivity contribution in [2.45, 2.75) is 12.6 Å². The van der Waals surface area contributed by atoms with Crippen LogP contribution in [0.1, 0.15) is 0 Å². The molecule has 100 valence electrons. The Morgan fingerprint density at radius 1 is 1.32 bits per heavy atom. The van der Waals surface area contributed by atoms with Crippen LogP contribution in [0.25, 0.3) is 11.1 Å². The van der Waals surface area contributed by atoms with E-state index in [-0.39, 0.29) is 5.91 Å². The second-order valence-corrected chi connectivity index (χ2v) is 4.39. The Morgan fingerprint density at radius 2 is 2.00 bits per heavy atom. The van der Waals surface area contributed by atoms with E-state index < -0.39 is 6.04 Å². The van der Waals surface area contributed by atoms with Gasteiger partial charge in [0.25, 0.3) is 0 Å². The molecule has 0 spiro atoms. The maximum atomic E-state index is 11.4. The lowest BCUT2D eigenvalue weighted by atomic mass is 10.1. The molecule has 5 heteroatoms. The number of anilines is 1. The number of benzene rings is 1. The van der Waals surface area contributed by atoms with Gasteiger partial charge in [0.15, 0.2) is 0 Å². The SMILES string of the molecule is CNC(=O)[C@@H](N)Cn1cc(-c2ccccc2)cc1N. The summed E-state index contributed by atoms with van der Waals surface area (Å²) in [6.45, 7) is 0.359. The van der Waals surface area contributed by atoms with Crippen molar-refractivity contribution in [1.29, 1.82) is 0 Å². The summed E-state index contributed by atoms with van der Waals surface area (Å²) in [5, 5.41) is 2.52. The molecule has 0 aliphatic rings. The molecule has 0 aliphatic carbocycles. The molecule has 5 nitrogen and oxygen atoms in total. The fourth-order valence-electron chi connectivity index (χ4n) is 1.95. The molecule has 2 rings (SSSR count).